The standard InChI is InChI=1S/C16H12BrClN2O2/c17-13-7-5-12(6-8-13)16(22)20-19-15(21)9-4-11-2-1-3-14(18)10-11/h1-10H,(H,19,21)(H,20,22)/b9-4+. The fraction of sp³-hybridized carbons (Fsp3) is 0. The molecule has 0 spiro atoms. The first-order valence-corrected chi connectivity index (χ1v) is 7.51. The van der Waals surface area contributed by atoms with Gasteiger partial charge in [-0.15, -0.1) is 0 Å². The number of nitrogens with one attached hydrogen (secondary N) is 2. The molecule has 0 atom stereocenters. The number of benzene rings is 2. The molecular formula is C16H12BrClN2O2. The van der Waals surface area contributed by atoms with E-state index in [0.29, 0.717) is 10.6 Å². The average Bonchev–Trinajstić information content (AvgIpc) is 2.51. The molecule has 112 valence electrons. The summed E-state index contributed by atoms with van der Waals surface area (Å²) >= 11 is 9.13. The molecule has 0 aliphatic carbocycles. The maximum Gasteiger partial charge on any atom is 0.269 e. The molecule has 0 unspecified atom stereocenters. The molecule has 4 nitrogen and oxygen atoms in total. The lowest BCUT2D eigenvalue weighted by atomic mass is 10.2. The van der Waals surface area contributed by atoms with Crippen molar-refractivity contribution in [2.45, 2.75) is 0 Å². The lowest BCUT2D eigenvalue weighted by molar-refractivity contribution is -0.117. The highest BCUT2D eigenvalue weighted by Gasteiger charge is 2.05. The molecule has 2 rings (SSSR count). The monoisotopic (exact) mass is 378 g/mol. The first-order chi connectivity index (χ1) is 10.5. The zero-order valence-electron chi connectivity index (χ0n) is 11.3. The minimum absolute atomic E-state index is 0.392. The number of rotatable bonds is 3. The maximum absolute atomic E-state index is 11.8. The molecule has 0 radical (unpaired) electrons. The second-order valence-corrected chi connectivity index (χ2v) is 5.69. The van der Waals surface area contributed by atoms with Crippen LogP contribution in [0.5, 0.6) is 0 Å². The summed E-state index contributed by atoms with van der Waals surface area (Å²) in [6.45, 7) is 0. The van der Waals surface area contributed by atoms with E-state index < -0.39 is 11.8 Å². The van der Waals surface area contributed by atoms with Crippen LogP contribution in [-0.2, 0) is 4.79 Å². The largest absolute Gasteiger partial charge is 0.269 e. The molecule has 0 fully saturated rings. The van der Waals surface area contributed by atoms with Gasteiger partial charge in [0, 0.05) is 21.1 Å². The molecule has 0 saturated heterocycles. The Balaban J connectivity index is 1.87. The Kier molecular flexibility index (Phi) is 5.75. The lowest BCUT2D eigenvalue weighted by Gasteiger charge is -2.05. The van der Waals surface area contributed by atoms with Crippen molar-refractivity contribution in [2.24, 2.45) is 0 Å². The molecule has 0 aromatic heterocycles. The van der Waals surface area contributed by atoms with Gasteiger partial charge in [0.15, 0.2) is 0 Å². The third-order valence-corrected chi connectivity index (χ3v) is 3.45. The first kappa shape index (κ1) is 16.3. The van der Waals surface area contributed by atoms with Crippen LogP contribution >= 0.6 is 27.5 Å². The molecule has 0 heterocycles. The number of hydrogen-bond acceptors (Lipinski definition) is 2. The summed E-state index contributed by atoms with van der Waals surface area (Å²) < 4.78 is 0.873. The van der Waals surface area contributed by atoms with E-state index in [1.807, 2.05) is 6.07 Å². The van der Waals surface area contributed by atoms with Crippen LogP contribution < -0.4 is 10.9 Å². The van der Waals surface area contributed by atoms with E-state index in [0.717, 1.165) is 10.0 Å². The highest BCUT2D eigenvalue weighted by molar-refractivity contribution is 9.10. The summed E-state index contributed by atoms with van der Waals surface area (Å²) in [4.78, 5) is 23.4. The van der Waals surface area contributed by atoms with Crippen molar-refractivity contribution in [3.05, 3.63) is 75.2 Å². The van der Waals surface area contributed by atoms with Crippen molar-refractivity contribution in [2.75, 3.05) is 0 Å². The zero-order valence-corrected chi connectivity index (χ0v) is 13.7. The van der Waals surface area contributed by atoms with E-state index in [4.69, 9.17) is 11.6 Å². The predicted octanol–water partition coefficient (Wildman–Crippen LogP) is 3.58. The van der Waals surface area contributed by atoms with E-state index in [1.54, 1.807) is 48.5 Å². The molecule has 22 heavy (non-hydrogen) atoms. The highest BCUT2D eigenvalue weighted by Crippen LogP contribution is 2.12. The summed E-state index contributed by atoms with van der Waals surface area (Å²) in [6, 6.07) is 13.9. The number of amides is 2. The summed E-state index contributed by atoms with van der Waals surface area (Å²) in [5, 5.41) is 0.589. The second kappa shape index (κ2) is 7.77. The van der Waals surface area contributed by atoms with Crippen LogP contribution in [0.25, 0.3) is 6.08 Å². The van der Waals surface area contributed by atoms with Gasteiger partial charge in [-0.05, 0) is 48.0 Å². The Bertz CT molecular complexity index is 714. The SMILES string of the molecule is O=C(/C=C/c1cccc(Cl)c1)NNC(=O)c1ccc(Br)cc1. The molecule has 0 bridgehead atoms. The number of hydrogen-bond donors (Lipinski definition) is 2. The minimum atomic E-state index is -0.439. The van der Waals surface area contributed by atoms with Crippen molar-refractivity contribution in [1.29, 1.82) is 0 Å². The van der Waals surface area contributed by atoms with Crippen molar-refractivity contribution in [3.8, 4) is 0 Å². The molecule has 2 N–H and O–H groups in total. The van der Waals surface area contributed by atoms with Crippen LogP contribution in [0, 0.1) is 0 Å². The number of halogens is 2. The number of carbonyl (C=O) groups excluding carboxylic acids is 2. The molecule has 0 aliphatic rings. The van der Waals surface area contributed by atoms with Crippen molar-refractivity contribution < 1.29 is 9.59 Å². The smallest absolute Gasteiger partial charge is 0.268 e. The Morgan fingerprint density at radius 2 is 1.77 bits per heavy atom. The Morgan fingerprint density at radius 1 is 1.05 bits per heavy atom. The van der Waals surface area contributed by atoms with Gasteiger partial charge in [0.2, 0.25) is 0 Å². The van der Waals surface area contributed by atoms with Gasteiger partial charge in [-0.25, -0.2) is 0 Å². The van der Waals surface area contributed by atoms with Crippen LogP contribution in [0.1, 0.15) is 15.9 Å². The van der Waals surface area contributed by atoms with Gasteiger partial charge in [-0.1, -0.05) is 39.7 Å². The van der Waals surface area contributed by atoms with E-state index in [2.05, 4.69) is 26.8 Å². The fourth-order valence-corrected chi connectivity index (χ4v) is 2.08. The third kappa shape index (κ3) is 5.02. The van der Waals surface area contributed by atoms with Gasteiger partial charge in [0.1, 0.15) is 0 Å². The van der Waals surface area contributed by atoms with Gasteiger partial charge in [0.05, 0.1) is 0 Å². The van der Waals surface area contributed by atoms with Crippen LogP contribution in [0.3, 0.4) is 0 Å². The summed E-state index contributed by atoms with van der Waals surface area (Å²) in [6.07, 6.45) is 2.92. The fourth-order valence-electron chi connectivity index (χ4n) is 1.62. The van der Waals surface area contributed by atoms with E-state index in [9.17, 15) is 9.59 Å². The zero-order chi connectivity index (χ0) is 15.9. The van der Waals surface area contributed by atoms with Crippen molar-refractivity contribution in [1.82, 2.24) is 10.9 Å². The van der Waals surface area contributed by atoms with E-state index in [-0.39, 0.29) is 0 Å². The third-order valence-electron chi connectivity index (χ3n) is 2.68. The molecule has 2 aromatic carbocycles. The number of carbonyl (C=O) groups is 2. The normalized spacial score (nSPS) is 10.5. The average molecular weight is 380 g/mol. The molecular weight excluding hydrogens is 368 g/mol. The summed E-state index contributed by atoms with van der Waals surface area (Å²) in [7, 11) is 0. The van der Waals surface area contributed by atoms with Gasteiger partial charge < -0.3 is 0 Å². The predicted molar refractivity (Wildman–Crippen MR) is 90.2 cm³/mol. The number of hydrazine groups is 1. The molecule has 2 amide bonds. The Morgan fingerprint density at radius 3 is 2.45 bits per heavy atom. The first-order valence-electron chi connectivity index (χ1n) is 6.34. The Hall–Kier alpha value is -2.11. The van der Waals surface area contributed by atoms with Gasteiger partial charge in [-0.3, -0.25) is 20.4 Å². The Labute approximate surface area is 141 Å². The molecule has 6 heteroatoms. The maximum atomic E-state index is 11.8. The van der Waals surface area contributed by atoms with E-state index >= 15 is 0 Å². The van der Waals surface area contributed by atoms with Gasteiger partial charge >= 0.3 is 0 Å². The van der Waals surface area contributed by atoms with E-state index in [1.165, 1.54) is 6.08 Å². The quantitative estimate of drug-likeness (QED) is 0.632. The van der Waals surface area contributed by atoms with Crippen LogP contribution in [0.2, 0.25) is 5.02 Å². The highest BCUT2D eigenvalue weighted by atomic mass is 79.9. The molecule has 0 aliphatic heterocycles. The summed E-state index contributed by atoms with van der Waals surface area (Å²) in [5.74, 6) is -0.831. The minimum Gasteiger partial charge on any atom is -0.268 e. The van der Waals surface area contributed by atoms with Crippen molar-refractivity contribution in [3.63, 3.8) is 0 Å². The topological polar surface area (TPSA) is 58.2 Å². The lowest BCUT2D eigenvalue weighted by Crippen LogP contribution is -2.40. The van der Waals surface area contributed by atoms with Gasteiger partial charge in [-0.2, -0.15) is 0 Å². The molecule has 2 aromatic rings. The second-order valence-electron chi connectivity index (χ2n) is 4.34. The van der Waals surface area contributed by atoms with Crippen LogP contribution in [0.15, 0.2) is 59.1 Å². The van der Waals surface area contributed by atoms with Crippen molar-refractivity contribution >= 4 is 45.4 Å². The van der Waals surface area contributed by atoms with Crippen LogP contribution in [-0.4, -0.2) is 11.8 Å². The van der Waals surface area contributed by atoms with Gasteiger partial charge in [0.25, 0.3) is 11.8 Å². The summed E-state index contributed by atoms with van der Waals surface area (Å²) in [5.41, 5.74) is 5.89. The van der Waals surface area contributed by atoms with Crippen LogP contribution in [0.4, 0.5) is 0 Å². The molecule has 0 saturated carbocycles.